The predicted octanol–water partition coefficient (Wildman–Crippen LogP) is 1.62. The van der Waals surface area contributed by atoms with Crippen LogP contribution in [0.5, 0.6) is 11.6 Å². The molecule has 0 spiro atoms. The van der Waals surface area contributed by atoms with Crippen molar-refractivity contribution in [1.82, 2.24) is 15.5 Å². The molecular formula is C14H15FN4O2. The van der Waals surface area contributed by atoms with Crippen molar-refractivity contribution >= 4 is 5.91 Å². The van der Waals surface area contributed by atoms with Gasteiger partial charge in [-0.25, -0.2) is 4.39 Å². The summed E-state index contributed by atoms with van der Waals surface area (Å²) in [4.78, 5) is 11.5. The lowest BCUT2D eigenvalue weighted by Crippen LogP contribution is -2.23. The lowest BCUT2D eigenvalue weighted by molar-refractivity contribution is 0.0949. The third-order valence-corrected chi connectivity index (χ3v) is 2.66. The van der Waals surface area contributed by atoms with Crippen molar-refractivity contribution in [3.63, 3.8) is 0 Å². The van der Waals surface area contributed by atoms with Crippen molar-refractivity contribution in [3.8, 4) is 11.6 Å². The zero-order valence-electron chi connectivity index (χ0n) is 11.5. The minimum absolute atomic E-state index is 0.0206. The number of halogens is 1. The second-order valence-electron chi connectivity index (χ2n) is 4.19. The van der Waals surface area contributed by atoms with Crippen LogP contribution in [-0.4, -0.2) is 22.6 Å². The molecule has 1 amide bonds. The van der Waals surface area contributed by atoms with Crippen LogP contribution in [0.4, 0.5) is 4.39 Å². The van der Waals surface area contributed by atoms with Crippen molar-refractivity contribution in [2.24, 2.45) is 5.73 Å². The highest BCUT2D eigenvalue weighted by molar-refractivity contribution is 5.91. The number of nitrogens with one attached hydrogen (secondary N) is 1. The molecule has 6 nitrogen and oxygen atoms in total. The van der Waals surface area contributed by atoms with E-state index in [0.717, 1.165) is 0 Å². The number of amides is 1. The highest BCUT2D eigenvalue weighted by atomic mass is 19.1. The fraction of sp³-hybridized carbons (Fsp3) is 0.214. The number of hydrogen-bond acceptors (Lipinski definition) is 5. The standard InChI is InChI=1S/C14H15FN4O2/c1-2-17-14(20)11-4-6-13(19-18-11)21-12-5-3-9(8-16)7-10(12)15/h3-7H,2,8,16H2,1H3,(H,17,20). The molecule has 1 heterocycles. The smallest absolute Gasteiger partial charge is 0.271 e. The Morgan fingerprint density at radius 1 is 1.33 bits per heavy atom. The van der Waals surface area contributed by atoms with Crippen molar-refractivity contribution in [1.29, 1.82) is 0 Å². The van der Waals surface area contributed by atoms with Gasteiger partial charge in [-0.3, -0.25) is 4.79 Å². The lowest BCUT2D eigenvalue weighted by Gasteiger charge is -2.07. The van der Waals surface area contributed by atoms with Crippen LogP contribution < -0.4 is 15.8 Å². The number of ether oxygens (including phenoxy) is 1. The van der Waals surface area contributed by atoms with Crippen LogP contribution in [0, 0.1) is 5.82 Å². The summed E-state index contributed by atoms with van der Waals surface area (Å²) in [5.74, 6) is -0.739. The van der Waals surface area contributed by atoms with Crippen LogP contribution in [0.3, 0.4) is 0 Å². The molecule has 1 aromatic heterocycles. The van der Waals surface area contributed by atoms with Crippen molar-refractivity contribution in [2.45, 2.75) is 13.5 Å². The molecular weight excluding hydrogens is 275 g/mol. The van der Waals surface area contributed by atoms with Gasteiger partial charge in [0.1, 0.15) is 0 Å². The third kappa shape index (κ3) is 3.73. The molecule has 0 saturated carbocycles. The molecule has 110 valence electrons. The van der Waals surface area contributed by atoms with E-state index in [1.165, 1.54) is 24.3 Å². The normalized spacial score (nSPS) is 10.2. The quantitative estimate of drug-likeness (QED) is 0.873. The number of carbonyl (C=O) groups excluding carboxylic acids is 1. The number of nitrogens with zero attached hydrogens (tertiary/aromatic N) is 2. The highest BCUT2D eigenvalue weighted by Crippen LogP contribution is 2.23. The van der Waals surface area contributed by atoms with Crippen LogP contribution >= 0.6 is 0 Å². The molecule has 0 aliphatic heterocycles. The van der Waals surface area contributed by atoms with Gasteiger partial charge in [-0.05, 0) is 30.7 Å². The number of hydrogen-bond donors (Lipinski definition) is 2. The summed E-state index contributed by atoms with van der Waals surface area (Å²) >= 11 is 0. The molecule has 21 heavy (non-hydrogen) atoms. The topological polar surface area (TPSA) is 90.1 Å². The van der Waals surface area contributed by atoms with E-state index in [2.05, 4.69) is 15.5 Å². The van der Waals surface area contributed by atoms with E-state index in [4.69, 9.17) is 10.5 Å². The Kier molecular flexibility index (Phi) is 4.78. The molecule has 3 N–H and O–H groups in total. The Balaban J connectivity index is 2.11. The second-order valence-corrected chi connectivity index (χ2v) is 4.19. The summed E-state index contributed by atoms with van der Waals surface area (Å²) in [7, 11) is 0. The zero-order chi connectivity index (χ0) is 15.2. The van der Waals surface area contributed by atoms with Crippen LogP contribution in [0.1, 0.15) is 23.0 Å². The van der Waals surface area contributed by atoms with Crippen LogP contribution in [0.15, 0.2) is 30.3 Å². The SMILES string of the molecule is CCNC(=O)c1ccc(Oc2ccc(CN)cc2F)nn1. The fourth-order valence-corrected chi connectivity index (χ4v) is 1.61. The summed E-state index contributed by atoms with van der Waals surface area (Å²) in [5, 5.41) is 10.1. The summed E-state index contributed by atoms with van der Waals surface area (Å²) in [6.07, 6.45) is 0. The van der Waals surface area contributed by atoms with E-state index in [0.29, 0.717) is 12.1 Å². The summed E-state index contributed by atoms with van der Waals surface area (Å²) < 4.78 is 19.0. The van der Waals surface area contributed by atoms with Crippen molar-refractivity contribution < 1.29 is 13.9 Å². The first-order valence-electron chi connectivity index (χ1n) is 6.42. The van der Waals surface area contributed by atoms with E-state index in [1.807, 2.05) is 0 Å². The van der Waals surface area contributed by atoms with Gasteiger partial charge in [0.25, 0.3) is 5.91 Å². The monoisotopic (exact) mass is 290 g/mol. The Morgan fingerprint density at radius 3 is 2.71 bits per heavy atom. The van der Waals surface area contributed by atoms with Gasteiger partial charge < -0.3 is 15.8 Å². The van der Waals surface area contributed by atoms with E-state index >= 15 is 0 Å². The van der Waals surface area contributed by atoms with E-state index < -0.39 is 5.82 Å². The molecule has 0 fully saturated rings. The van der Waals surface area contributed by atoms with Gasteiger partial charge in [-0.1, -0.05) is 6.07 Å². The molecule has 0 unspecified atom stereocenters. The zero-order valence-corrected chi connectivity index (χ0v) is 11.5. The second kappa shape index (κ2) is 6.76. The number of aromatic nitrogens is 2. The Morgan fingerprint density at radius 2 is 2.14 bits per heavy atom. The first kappa shape index (κ1) is 14.9. The van der Waals surface area contributed by atoms with Crippen molar-refractivity contribution in [3.05, 3.63) is 47.4 Å². The molecule has 2 rings (SSSR count). The van der Waals surface area contributed by atoms with E-state index in [1.54, 1.807) is 13.0 Å². The van der Waals surface area contributed by atoms with Crippen LogP contribution in [-0.2, 0) is 6.54 Å². The number of rotatable bonds is 5. The highest BCUT2D eigenvalue weighted by Gasteiger charge is 2.10. The molecule has 0 atom stereocenters. The minimum atomic E-state index is -0.535. The lowest BCUT2D eigenvalue weighted by atomic mass is 10.2. The molecule has 2 aromatic rings. The average Bonchev–Trinajstić information content (AvgIpc) is 2.50. The fourth-order valence-electron chi connectivity index (χ4n) is 1.61. The molecule has 1 aromatic carbocycles. The Hall–Kier alpha value is -2.54. The largest absolute Gasteiger partial charge is 0.434 e. The van der Waals surface area contributed by atoms with Gasteiger partial charge in [0.15, 0.2) is 17.3 Å². The molecule has 0 bridgehead atoms. The van der Waals surface area contributed by atoms with Gasteiger partial charge >= 0.3 is 0 Å². The summed E-state index contributed by atoms with van der Waals surface area (Å²) in [6.45, 7) is 2.55. The predicted molar refractivity (Wildman–Crippen MR) is 74.4 cm³/mol. The molecule has 0 radical (unpaired) electrons. The van der Waals surface area contributed by atoms with Gasteiger partial charge in [0.2, 0.25) is 5.88 Å². The van der Waals surface area contributed by atoms with Gasteiger partial charge in [0.05, 0.1) is 0 Å². The number of nitrogens with two attached hydrogens (primary N) is 1. The molecule has 0 saturated heterocycles. The molecule has 0 aliphatic rings. The number of carbonyl (C=O) groups is 1. The molecule has 0 aliphatic carbocycles. The number of benzene rings is 1. The maximum atomic E-state index is 13.7. The maximum Gasteiger partial charge on any atom is 0.271 e. The Bertz CT molecular complexity index is 631. The summed E-state index contributed by atoms with van der Waals surface area (Å²) in [6, 6.07) is 7.34. The minimum Gasteiger partial charge on any atom is -0.434 e. The maximum absolute atomic E-state index is 13.7. The first-order chi connectivity index (χ1) is 10.1. The van der Waals surface area contributed by atoms with E-state index in [9.17, 15) is 9.18 Å². The van der Waals surface area contributed by atoms with Crippen molar-refractivity contribution in [2.75, 3.05) is 6.54 Å². The van der Waals surface area contributed by atoms with Gasteiger partial charge in [0, 0.05) is 19.2 Å². The van der Waals surface area contributed by atoms with E-state index in [-0.39, 0.29) is 29.8 Å². The third-order valence-electron chi connectivity index (χ3n) is 2.66. The van der Waals surface area contributed by atoms with Crippen LogP contribution in [0.2, 0.25) is 0 Å². The van der Waals surface area contributed by atoms with Gasteiger partial charge in [-0.15, -0.1) is 10.2 Å². The van der Waals surface area contributed by atoms with Gasteiger partial charge in [-0.2, -0.15) is 0 Å². The Labute approximate surface area is 121 Å². The first-order valence-corrected chi connectivity index (χ1v) is 6.42. The summed E-state index contributed by atoms with van der Waals surface area (Å²) in [5.41, 5.74) is 6.26. The molecule has 7 heteroatoms. The van der Waals surface area contributed by atoms with Crippen LogP contribution in [0.25, 0.3) is 0 Å². The average molecular weight is 290 g/mol.